The third-order valence-electron chi connectivity index (χ3n) is 4.18. The molecule has 0 aromatic heterocycles. The molecule has 2 rings (SSSR count). The van der Waals surface area contributed by atoms with Crippen LogP contribution in [0, 0.1) is 5.92 Å². The van der Waals surface area contributed by atoms with Crippen LogP contribution in [0.1, 0.15) is 42.5 Å². The van der Waals surface area contributed by atoms with Gasteiger partial charge in [-0.05, 0) is 49.9 Å². The Labute approximate surface area is 152 Å². The van der Waals surface area contributed by atoms with Crippen molar-refractivity contribution in [3.63, 3.8) is 0 Å². The SMILES string of the molecule is Cl.N[C@H]1CC[C@H](C(=O)Nc2ccc(C(=O)NCCC(=O)O)cc2)CC1. The molecule has 2 amide bonds. The summed E-state index contributed by atoms with van der Waals surface area (Å²) in [5.74, 6) is -1.32. The zero-order valence-electron chi connectivity index (χ0n) is 13.9. The summed E-state index contributed by atoms with van der Waals surface area (Å²) in [7, 11) is 0. The Kier molecular flexibility index (Phi) is 8.37. The molecule has 1 aliphatic rings. The largest absolute Gasteiger partial charge is 0.481 e. The van der Waals surface area contributed by atoms with E-state index in [2.05, 4.69) is 10.6 Å². The lowest BCUT2D eigenvalue weighted by atomic mass is 9.86. The average molecular weight is 370 g/mol. The standard InChI is InChI=1S/C17H23N3O4.ClH/c18-13-5-1-12(2-6-13)17(24)20-14-7-3-11(4-8-14)16(23)19-10-9-15(21)22;/h3-4,7-8,12-13H,1-2,5-6,9-10,18H2,(H,19,23)(H,20,24)(H,21,22);1H/t12-,13-;. The van der Waals surface area contributed by atoms with E-state index in [1.54, 1.807) is 24.3 Å². The molecule has 0 spiro atoms. The van der Waals surface area contributed by atoms with E-state index in [1.165, 1.54) is 0 Å². The fourth-order valence-corrected chi connectivity index (χ4v) is 2.72. The van der Waals surface area contributed by atoms with Gasteiger partial charge in [-0.1, -0.05) is 0 Å². The van der Waals surface area contributed by atoms with Gasteiger partial charge in [0, 0.05) is 29.8 Å². The molecule has 1 aromatic rings. The number of carbonyl (C=O) groups excluding carboxylic acids is 2. The third-order valence-corrected chi connectivity index (χ3v) is 4.18. The van der Waals surface area contributed by atoms with E-state index < -0.39 is 5.97 Å². The van der Waals surface area contributed by atoms with Gasteiger partial charge in [0.15, 0.2) is 0 Å². The second-order valence-corrected chi connectivity index (χ2v) is 6.08. The number of anilines is 1. The molecule has 1 saturated carbocycles. The minimum Gasteiger partial charge on any atom is -0.481 e. The second kappa shape index (κ2) is 10.0. The fraction of sp³-hybridized carbons (Fsp3) is 0.471. The molecule has 0 atom stereocenters. The number of benzene rings is 1. The summed E-state index contributed by atoms with van der Waals surface area (Å²) >= 11 is 0. The zero-order chi connectivity index (χ0) is 17.5. The monoisotopic (exact) mass is 369 g/mol. The van der Waals surface area contributed by atoms with E-state index in [1.807, 2.05) is 0 Å². The van der Waals surface area contributed by atoms with Gasteiger partial charge in [-0.3, -0.25) is 14.4 Å². The van der Waals surface area contributed by atoms with Crippen molar-refractivity contribution in [2.45, 2.75) is 38.1 Å². The lowest BCUT2D eigenvalue weighted by Gasteiger charge is -2.25. The van der Waals surface area contributed by atoms with E-state index in [0.717, 1.165) is 25.7 Å². The molecule has 25 heavy (non-hydrogen) atoms. The van der Waals surface area contributed by atoms with E-state index in [-0.39, 0.29) is 49.1 Å². The Balaban J connectivity index is 0.00000312. The topological polar surface area (TPSA) is 122 Å². The van der Waals surface area contributed by atoms with E-state index >= 15 is 0 Å². The first-order valence-corrected chi connectivity index (χ1v) is 8.12. The summed E-state index contributed by atoms with van der Waals surface area (Å²) < 4.78 is 0. The molecule has 138 valence electrons. The molecule has 0 saturated heterocycles. The normalized spacial score (nSPS) is 19.4. The number of rotatable bonds is 6. The first-order chi connectivity index (χ1) is 11.5. The second-order valence-electron chi connectivity index (χ2n) is 6.08. The number of aliphatic carboxylic acids is 1. The van der Waals surface area contributed by atoms with E-state index in [0.29, 0.717) is 11.3 Å². The number of hydrogen-bond acceptors (Lipinski definition) is 4. The lowest BCUT2D eigenvalue weighted by Crippen LogP contribution is -2.32. The van der Waals surface area contributed by atoms with Crippen LogP contribution in [0.5, 0.6) is 0 Å². The van der Waals surface area contributed by atoms with Crippen molar-refractivity contribution in [1.82, 2.24) is 5.32 Å². The summed E-state index contributed by atoms with van der Waals surface area (Å²) in [5.41, 5.74) is 6.90. The molecule has 8 heteroatoms. The van der Waals surface area contributed by atoms with Gasteiger partial charge in [0.2, 0.25) is 5.91 Å². The molecule has 5 N–H and O–H groups in total. The maximum Gasteiger partial charge on any atom is 0.305 e. The van der Waals surface area contributed by atoms with Gasteiger partial charge in [-0.2, -0.15) is 0 Å². The van der Waals surface area contributed by atoms with Gasteiger partial charge in [-0.25, -0.2) is 0 Å². The Bertz CT molecular complexity index is 598. The highest BCUT2D eigenvalue weighted by Crippen LogP contribution is 2.24. The summed E-state index contributed by atoms with van der Waals surface area (Å²) in [5, 5.41) is 13.9. The maximum atomic E-state index is 12.2. The van der Waals surface area contributed by atoms with E-state index in [4.69, 9.17) is 10.8 Å². The molecule has 1 aliphatic carbocycles. The molecule has 0 bridgehead atoms. The molecule has 0 unspecified atom stereocenters. The van der Waals surface area contributed by atoms with Crippen LogP contribution in [0.3, 0.4) is 0 Å². The van der Waals surface area contributed by atoms with Crippen molar-refractivity contribution in [3.05, 3.63) is 29.8 Å². The number of nitrogens with one attached hydrogen (secondary N) is 2. The van der Waals surface area contributed by atoms with Crippen molar-refractivity contribution in [3.8, 4) is 0 Å². The maximum absolute atomic E-state index is 12.2. The average Bonchev–Trinajstić information content (AvgIpc) is 2.55. The molecule has 7 nitrogen and oxygen atoms in total. The van der Waals surface area contributed by atoms with Gasteiger partial charge < -0.3 is 21.5 Å². The van der Waals surface area contributed by atoms with Crippen molar-refractivity contribution in [2.24, 2.45) is 11.7 Å². The van der Waals surface area contributed by atoms with Crippen molar-refractivity contribution in [1.29, 1.82) is 0 Å². The van der Waals surface area contributed by atoms with E-state index in [9.17, 15) is 14.4 Å². The first kappa shape index (κ1) is 20.9. The Hall–Kier alpha value is -2.12. The zero-order valence-corrected chi connectivity index (χ0v) is 14.7. The Morgan fingerprint density at radius 1 is 1.08 bits per heavy atom. The van der Waals surface area contributed by atoms with Gasteiger partial charge in [0.05, 0.1) is 6.42 Å². The number of nitrogens with two attached hydrogens (primary N) is 1. The molecular weight excluding hydrogens is 346 g/mol. The van der Waals surface area contributed by atoms with Crippen LogP contribution in [-0.2, 0) is 9.59 Å². The first-order valence-electron chi connectivity index (χ1n) is 8.12. The number of amides is 2. The third kappa shape index (κ3) is 6.72. The lowest BCUT2D eigenvalue weighted by molar-refractivity contribution is -0.136. The molecule has 0 heterocycles. The van der Waals surface area contributed by atoms with Gasteiger partial charge in [0.25, 0.3) is 5.91 Å². The van der Waals surface area contributed by atoms with Crippen LogP contribution in [0.25, 0.3) is 0 Å². The number of hydrogen-bond donors (Lipinski definition) is 4. The minimum atomic E-state index is -0.961. The smallest absolute Gasteiger partial charge is 0.305 e. The summed E-state index contributed by atoms with van der Waals surface area (Å²) in [4.78, 5) is 34.5. The van der Waals surface area contributed by atoms with Gasteiger partial charge in [-0.15, -0.1) is 12.4 Å². The molecule has 1 aromatic carbocycles. The van der Waals surface area contributed by atoms with Gasteiger partial charge in [0.1, 0.15) is 0 Å². The van der Waals surface area contributed by atoms with Crippen molar-refractivity contribution < 1.29 is 19.5 Å². The molecule has 0 aliphatic heterocycles. The predicted molar refractivity (Wildman–Crippen MR) is 96.8 cm³/mol. The van der Waals surface area contributed by atoms with Crippen molar-refractivity contribution >= 4 is 35.9 Å². The molecular formula is C17H24ClN3O4. The van der Waals surface area contributed by atoms with Gasteiger partial charge >= 0.3 is 5.97 Å². The summed E-state index contributed by atoms with van der Waals surface area (Å²) in [6.45, 7) is 0.0798. The van der Waals surface area contributed by atoms with Crippen molar-refractivity contribution in [2.75, 3.05) is 11.9 Å². The van der Waals surface area contributed by atoms with Crippen LogP contribution in [0.4, 0.5) is 5.69 Å². The Morgan fingerprint density at radius 2 is 1.68 bits per heavy atom. The highest BCUT2D eigenvalue weighted by atomic mass is 35.5. The summed E-state index contributed by atoms with van der Waals surface area (Å²) in [6.07, 6.45) is 3.22. The summed E-state index contributed by atoms with van der Waals surface area (Å²) in [6, 6.07) is 6.73. The fourth-order valence-electron chi connectivity index (χ4n) is 2.72. The van der Waals surface area contributed by atoms with Crippen LogP contribution in [-0.4, -0.2) is 35.5 Å². The Morgan fingerprint density at radius 3 is 2.24 bits per heavy atom. The number of carboxylic acid groups (broad SMARTS) is 1. The number of carbonyl (C=O) groups is 3. The van der Waals surface area contributed by atoms with Crippen LogP contribution in [0.2, 0.25) is 0 Å². The quantitative estimate of drug-likeness (QED) is 0.608. The van der Waals surface area contributed by atoms with Crippen LogP contribution in [0.15, 0.2) is 24.3 Å². The molecule has 0 radical (unpaired) electrons. The highest BCUT2D eigenvalue weighted by Gasteiger charge is 2.24. The predicted octanol–water partition coefficient (Wildman–Crippen LogP) is 1.77. The number of halogens is 1. The molecule has 1 fully saturated rings. The van der Waals surface area contributed by atoms with Crippen LogP contribution >= 0.6 is 12.4 Å². The minimum absolute atomic E-state index is 0. The van der Waals surface area contributed by atoms with Crippen LogP contribution < -0.4 is 16.4 Å². The number of carboxylic acids is 1. The highest BCUT2D eigenvalue weighted by molar-refractivity contribution is 5.96.